The Balaban J connectivity index is -0.000000333. The van der Waals surface area contributed by atoms with Gasteiger partial charge in [-0.15, -0.1) is 15.9 Å². The number of alkyl halides is 1. The molecule has 0 bridgehead atoms. The van der Waals surface area contributed by atoms with E-state index in [0.29, 0.717) is 26.1 Å². The van der Waals surface area contributed by atoms with Crippen LogP contribution in [0.4, 0.5) is 25.9 Å². The van der Waals surface area contributed by atoms with Crippen LogP contribution in [0.25, 0.3) is 0 Å². The first-order chi connectivity index (χ1) is 11.5. The summed E-state index contributed by atoms with van der Waals surface area (Å²) >= 11 is 2.27. The molecule has 0 aromatic heterocycles. The molecule has 15 heteroatoms. The van der Waals surface area contributed by atoms with Gasteiger partial charge < -0.3 is 45.2 Å². The maximum absolute atomic E-state index is 11.7. The molecule has 0 atom stereocenters. The van der Waals surface area contributed by atoms with Crippen molar-refractivity contribution in [2.45, 2.75) is 37.9 Å². The minimum atomic E-state index is -4.79. The van der Waals surface area contributed by atoms with Gasteiger partial charge in [-0.25, -0.2) is 0 Å². The SMILES string of the molecule is F[B-](F)(F)CBr.F[B-](F)(F)COC1CCOCC1.OC1CCOCC1.[K+].[K+]. The Bertz CT molecular complexity index is 334. The van der Waals surface area contributed by atoms with Crippen molar-refractivity contribution in [3.63, 3.8) is 0 Å². The molecule has 2 fully saturated rings. The van der Waals surface area contributed by atoms with Crippen molar-refractivity contribution in [3.8, 4) is 0 Å². The largest absolute Gasteiger partial charge is 1.00 e. The molecule has 4 nitrogen and oxygen atoms in total. The van der Waals surface area contributed by atoms with Crippen LogP contribution in [0.3, 0.4) is 0 Å². The maximum Gasteiger partial charge on any atom is 1.00 e. The van der Waals surface area contributed by atoms with Crippen LogP contribution >= 0.6 is 15.9 Å². The van der Waals surface area contributed by atoms with Gasteiger partial charge in [-0.2, -0.15) is 0 Å². The summed E-state index contributed by atoms with van der Waals surface area (Å²) in [7, 11) is 0. The first-order valence-corrected chi connectivity index (χ1v) is 9.08. The molecular weight excluding hydrogens is 502 g/mol. The second-order valence-electron chi connectivity index (χ2n) is 5.56. The van der Waals surface area contributed by atoms with Crippen LogP contribution in [0.2, 0.25) is 0 Å². The summed E-state index contributed by atoms with van der Waals surface area (Å²) < 4.78 is 82.2. The fourth-order valence-corrected chi connectivity index (χ4v) is 1.77. The summed E-state index contributed by atoms with van der Waals surface area (Å²) in [4.78, 5) is 0. The molecule has 2 aliphatic heterocycles. The molecule has 0 radical (unpaired) electrons. The van der Waals surface area contributed by atoms with E-state index in [-0.39, 0.29) is 115 Å². The van der Waals surface area contributed by atoms with Crippen LogP contribution in [0.5, 0.6) is 0 Å². The zero-order valence-electron chi connectivity index (χ0n) is 15.7. The fourth-order valence-electron chi connectivity index (χ4n) is 1.77. The molecule has 152 valence electrons. The number of rotatable bonds is 4. The van der Waals surface area contributed by atoms with E-state index in [2.05, 4.69) is 20.7 Å². The van der Waals surface area contributed by atoms with E-state index in [1.54, 1.807) is 0 Å². The Morgan fingerprint density at radius 2 is 1.19 bits per heavy atom. The molecule has 2 aliphatic rings. The third kappa shape index (κ3) is 27.3. The number of halogens is 7. The normalized spacial score (nSPS) is 18.7. The van der Waals surface area contributed by atoms with Gasteiger partial charge in [0.1, 0.15) is 0 Å². The van der Waals surface area contributed by atoms with E-state index >= 15 is 0 Å². The van der Waals surface area contributed by atoms with Gasteiger partial charge in [0, 0.05) is 32.9 Å². The predicted octanol–water partition coefficient (Wildman–Crippen LogP) is -2.50. The molecule has 0 spiro atoms. The standard InChI is InChI=1S/C6H11BF3O2.C5H10O2.CH2BBrF3.2K/c8-7(9,10)5-12-6-1-3-11-4-2-6;6-5-1-3-7-4-2-5;3-1-2(4,5)6;;/h6H,1-5H2;5-6H,1-4H2;1H2;;/q-1;;-1;2*+1. The van der Waals surface area contributed by atoms with Gasteiger partial charge >= 0.3 is 117 Å². The third-order valence-electron chi connectivity index (χ3n) is 3.06. The van der Waals surface area contributed by atoms with Crippen molar-refractivity contribution in [1.29, 1.82) is 0 Å². The molecule has 1 N–H and O–H groups in total. The molecule has 0 aromatic carbocycles. The second-order valence-corrected chi connectivity index (χ2v) is 6.21. The Kier molecular flexibility index (Phi) is 25.8. The number of aliphatic hydroxyl groups is 1. The van der Waals surface area contributed by atoms with Crippen molar-refractivity contribution in [2.75, 3.05) is 38.2 Å². The zero-order valence-corrected chi connectivity index (χ0v) is 23.5. The molecule has 2 rings (SSSR count). The zero-order chi connectivity index (χ0) is 19.3. The first kappa shape index (κ1) is 34.9. The Morgan fingerprint density at radius 3 is 1.44 bits per heavy atom. The molecule has 0 saturated carbocycles. The topological polar surface area (TPSA) is 47.9 Å². The van der Waals surface area contributed by atoms with E-state index in [4.69, 9.17) is 14.6 Å². The smallest absolute Gasteiger partial charge is 0.448 e. The molecule has 2 saturated heterocycles. The van der Waals surface area contributed by atoms with Crippen molar-refractivity contribution in [3.05, 3.63) is 0 Å². The molecule has 0 aliphatic carbocycles. The minimum Gasteiger partial charge on any atom is -0.448 e. The summed E-state index contributed by atoms with van der Waals surface area (Å²) in [5.74, 6) is 0. The average Bonchev–Trinajstić information content (AvgIpc) is 2.55. The van der Waals surface area contributed by atoms with E-state index in [1.807, 2.05) is 0 Å². The average molecular weight is 525 g/mol. The van der Waals surface area contributed by atoms with Gasteiger partial charge in [0.05, 0.1) is 12.2 Å². The minimum absolute atomic E-state index is 0. The van der Waals surface area contributed by atoms with Crippen LogP contribution in [-0.2, 0) is 14.2 Å². The van der Waals surface area contributed by atoms with Gasteiger partial charge in [-0.3, -0.25) is 0 Å². The monoisotopic (exact) mass is 524 g/mol. The van der Waals surface area contributed by atoms with Crippen LogP contribution in [0.15, 0.2) is 0 Å². The predicted molar refractivity (Wildman–Crippen MR) is 87.8 cm³/mol. The van der Waals surface area contributed by atoms with Crippen LogP contribution in [0, 0.1) is 0 Å². The van der Waals surface area contributed by atoms with Crippen LogP contribution < -0.4 is 103 Å². The van der Waals surface area contributed by atoms with E-state index in [0.717, 1.165) is 26.1 Å². The van der Waals surface area contributed by atoms with Gasteiger partial charge in [-0.05, 0) is 30.9 Å². The fraction of sp³-hybridized carbons (Fsp3) is 1.00. The van der Waals surface area contributed by atoms with Crippen molar-refractivity contribution in [1.82, 2.24) is 0 Å². The van der Waals surface area contributed by atoms with Crippen molar-refractivity contribution in [2.24, 2.45) is 0 Å². The van der Waals surface area contributed by atoms with Crippen molar-refractivity contribution >= 4 is 29.9 Å². The molecule has 0 unspecified atom stereocenters. The number of hydrogen-bond acceptors (Lipinski definition) is 4. The second kappa shape index (κ2) is 19.9. The summed E-state index contributed by atoms with van der Waals surface area (Å²) in [6.45, 7) is -7.95. The molecule has 27 heavy (non-hydrogen) atoms. The Labute approximate surface area is 249 Å². The van der Waals surface area contributed by atoms with Gasteiger partial charge in [0.25, 0.3) is 0 Å². The van der Waals surface area contributed by atoms with Gasteiger partial charge in [0.2, 0.25) is 0 Å². The summed E-state index contributed by atoms with van der Waals surface area (Å²) in [5.41, 5.74) is 0. The van der Waals surface area contributed by atoms with E-state index in [9.17, 15) is 25.9 Å². The van der Waals surface area contributed by atoms with Gasteiger partial charge in [0.15, 0.2) is 0 Å². The van der Waals surface area contributed by atoms with E-state index < -0.39 is 25.7 Å². The quantitative estimate of drug-likeness (QED) is 0.251. The molecule has 2 heterocycles. The summed E-state index contributed by atoms with van der Waals surface area (Å²) in [6.07, 6.45) is 2.44. The molecular formula is C12H23B2BrF6K2O4. The van der Waals surface area contributed by atoms with Gasteiger partial charge in [-0.1, -0.05) is 0 Å². The molecule has 0 aromatic rings. The van der Waals surface area contributed by atoms with Crippen molar-refractivity contribution < 1.29 is 148 Å². The summed E-state index contributed by atoms with van der Waals surface area (Å²) in [6, 6.07) is 0. The summed E-state index contributed by atoms with van der Waals surface area (Å²) in [5, 5.41) is 7.98. The number of ether oxygens (including phenoxy) is 3. The number of aliphatic hydroxyl groups excluding tert-OH is 1. The van der Waals surface area contributed by atoms with E-state index in [1.165, 1.54) is 0 Å². The van der Waals surface area contributed by atoms with Crippen LogP contribution in [-0.4, -0.2) is 69.4 Å². The van der Waals surface area contributed by atoms with Crippen LogP contribution in [0.1, 0.15) is 25.7 Å². The Hall–Kier alpha value is 3.30. The molecule has 0 amide bonds. The Morgan fingerprint density at radius 1 is 0.815 bits per heavy atom. The first-order valence-electron chi connectivity index (χ1n) is 7.96. The number of hydrogen-bond donors (Lipinski definition) is 1. The maximum atomic E-state index is 11.7. The third-order valence-corrected chi connectivity index (χ3v) is 3.79.